The Kier molecular flexibility index (Phi) is 9.01. The molecule has 0 aliphatic carbocycles. The number of carboxylic acid groups (broad SMARTS) is 1. The second-order valence-electron chi connectivity index (χ2n) is 9.25. The van der Waals surface area contributed by atoms with E-state index in [4.69, 9.17) is 4.74 Å². The Hall–Kier alpha value is -2.73. The van der Waals surface area contributed by atoms with Crippen LogP contribution in [0.15, 0.2) is 42.5 Å². The van der Waals surface area contributed by atoms with Crippen LogP contribution in [-0.2, 0) is 0 Å². The van der Waals surface area contributed by atoms with Gasteiger partial charge in [-0.3, -0.25) is 0 Å². The maximum Gasteiger partial charge on any atom is 0.335 e. The molecule has 0 radical (unpaired) electrons. The predicted molar refractivity (Wildman–Crippen MR) is 136 cm³/mol. The van der Waals surface area contributed by atoms with Crippen molar-refractivity contribution in [3.63, 3.8) is 0 Å². The Morgan fingerprint density at radius 1 is 1.15 bits per heavy atom. The molecule has 1 atom stereocenters. The summed E-state index contributed by atoms with van der Waals surface area (Å²) in [6, 6.07) is 13.2. The highest BCUT2D eigenvalue weighted by molar-refractivity contribution is 5.93. The van der Waals surface area contributed by atoms with Crippen LogP contribution < -0.4 is 20.3 Å². The van der Waals surface area contributed by atoms with Gasteiger partial charge < -0.3 is 25.4 Å². The van der Waals surface area contributed by atoms with E-state index in [0.29, 0.717) is 5.75 Å². The SMILES string of the molecule is CCCCN(CCCC)c1cc(C(=O)O)cc(NC2(C)CCCNC2)c1Oc1ccccc1. The van der Waals surface area contributed by atoms with E-state index in [0.717, 1.165) is 81.8 Å². The van der Waals surface area contributed by atoms with Gasteiger partial charge in [0.2, 0.25) is 0 Å². The van der Waals surface area contributed by atoms with Gasteiger partial charge in [0.1, 0.15) is 5.75 Å². The molecule has 0 bridgehead atoms. The Morgan fingerprint density at radius 2 is 1.85 bits per heavy atom. The van der Waals surface area contributed by atoms with Crippen molar-refractivity contribution in [2.75, 3.05) is 36.4 Å². The summed E-state index contributed by atoms with van der Waals surface area (Å²) in [7, 11) is 0. The van der Waals surface area contributed by atoms with Gasteiger partial charge in [-0.2, -0.15) is 0 Å². The van der Waals surface area contributed by atoms with Gasteiger partial charge in [-0.05, 0) is 63.4 Å². The fourth-order valence-electron chi connectivity index (χ4n) is 4.32. The fourth-order valence-corrected chi connectivity index (χ4v) is 4.32. The van der Waals surface area contributed by atoms with E-state index < -0.39 is 5.97 Å². The van der Waals surface area contributed by atoms with Gasteiger partial charge in [0.05, 0.1) is 16.9 Å². The third-order valence-corrected chi connectivity index (χ3v) is 6.22. The standard InChI is InChI=1S/C27H39N3O3/c1-4-6-16-30(17-7-5-2)24-19-21(26(31)32)18-23(29-27(3)14-11-15-28-20-27)25(24)33-22-12-9-8-10-13-22/h8-10,12-13,18-19,28-29H,4-7,11,14-17,20H2,1-3H3,(H,31,32). The lowest BCUT2D eigenvalue weighted by Gasteiger charge is -2.37. The summed E-state index contributed by atoms with van der Waals surface area (Å²) < 4.78 is 6.49. The van der Waals surface area contributed by atoms with Crippen molar-refractivity contribution in [3.8, 4) is 11.5 Å². The zero-order valence-electron chi connectivity index (χ0n) is 20.3. The van der Waals surface area contributed by atoms with Crippen LogP contribution in [0.1, 0.15) is 69.7 Å². The number of carboxylic acids is 1. The summed E-state index contributed by atoms with van der Waals surface area (Å²) in [6.07, 6.45) is 6.30. The maximum atomic E-state index is 12.1. The Morgan fingerprint density at radius 3 is 2.42 bits per heavy atom. The molecule has 0 saturated carbocycles. The van der Waals surface area contributed by atoms with Crippen LogP contribution in [-0.4, -0.2) is 42.8 Å². The van der Waals surface area contributed by atoms with E-state index in [-0.39, 0.29) is 11.1 Å². The topological polar surface area (TPSA) is 73.8 Å². The minimum absolute atomic E-state index is 0.181. The van der Waals surface area contributed by atoms with E-state index in [1.807, 2.05) is 30.3 Å². The van der Waals surface area contributed by atoms with Gasteiger partial charge in [0.25, 0.3) is 0 Å². The molecule has 0 aromatic heterocycles. The molecule has 1 aliphatic rings. The molecule has 1 saturated heterocycles. The normalized spacial score (nSPS) is 18.0. The Balaban J connectivity index is 2.12. The third-order valence-electron chi connectivity index (χ3n) is 6.22. The number of aromatic carboxylic acids is 1. The molecule has 0 spiro atoms. The number of nitrogens with zero attached hydrogens (tertiary/aromatic N) is 1. The van der Waals surface area contributed by atoms with Crippen molar-refractivity contribution in [1.82, 2.24) is 5.32 Å². The summed E-state index contributed by atoms with van der Waals surface area (Å²) >= 11 is 0. The Bertz CT molecular complexity index is 887. The quantitative estimate of drug-likeness (QED) is 0.359. The zero-order valence-corrected chi connectivity index (χ0v) is 20.3. The van der Waals surface area contributed by atoms with Gasteiger partial charge >= 0.3 is 5.97 Å². The van der Waals surface area contributed by atoms with Gasteiger partial charge in [0.15, 0.2) is 5.75 Å². The minimum Gasteiger partial charge on any atom is -0.478 e. The number of nitrogens with one attached hydrogen (secondary N) is 2. The van der Waals surface area contributed by atoms with Crippen LogP contribution in [0, 0.1) is 0 Å². The number of unbranched alkanes of at least 4 members (excludes halogenated alkanes) is 2. The summed E-state index contributed by atoms with van der Waals surface area (Å²) in [5.74, 6) is 0.511. The lowest BCUT2D eigenvalue weighted by Crippen LogP contribution is -2.49. The van der Waals surface area contributed by atoms with E-state index in [2.05, 4.69) is 36.3 Å². The molecule has 3 N–H and O–H groups in total. The molecule has 1 aliphatic heterocycles. The van der Waals surface area contributed by atoms with Crippen LogP contribution in [0.3, 0.4) is 0 Å². The molecule has 180 valence electrons. The van der Waals surface area contributed by atoms with E-state index >= 15 is 0 Å². The summed E-state index contributed by atoms with van der Waals surface area (Å²) in [5.41, 5.74) is 1.67. The maximum absolute atomic E-state index is 12.1. The first-order valence-corrected chi connectivity index (χ1v) is 12.3. The summed E-state index contributed by atoms with van der Waals surface area (Å²) in [6.45, 7) is 10.1. The molecule has 3 rings (SSSR count). The highest BCUT2D eigenvalue weighted by Crippen LogP contribution is 2.42. The average molecular weight is 454 g/mol. The minimum atomic E-state index is -0.927. The molecule has 6 nitrogen and oxygen atoms in total. The van der Waals surface area contributed by atoms with Gasteiger partial charge in [-0.1, -0.05) is 44.9 Å². The number of benzene rings is 2. The first-order chi connectivity index (χ1) is 16.0. The number of piperidine rings is 1. The summed E-state index contributed by atoms with van der Waals surface area (Å²) in [4.78, 5) is 14.4. The average Bonchev–Trinajstić information content (AvgIpc) is 2.81. The lowest BCUT2D eigenvalue weighted by atomic mass is 9.91. The van der Waals surface area contributed by atoms with Crippen LogP contribution in [0.4, 0.5) is 11.4 Å². The zero-order chi connectivity index (χ0) is 23.7. The third kappa shape index (κ3) is 6.87. The molecule has 33 heavy (non-hydrogen) atoms. The van der Waals surface area contributed by atoms with Crippen LogP contribution in [0.25, 0.3) is 0 Å². The number of ether oxygens (including phenoxy) is 1. The van der Waals surface area contributed by atoms with Gasteiger partial charge in [-0.25, -0.2) is 4.79 Å². The first-order valence-electron chi connectivity index (χ1n) is 12.3. The van der Waals surface area contributed by atoms with E-state index in [1.165, 1.54) is 0 Å². The molecule has 2 aromatic rings. The second-order valence-corrected chi connectivity index (χ2v) is 9.25. The molecular weight excluding hydrogens is 414 g/mol. The molecule has 1 heterocycles. The number of para-hydroxylation sites is 1. The van der Waals surface area contributed by atoms with Crippen molar-refractivity contribution in [1.29, 1.82) is 0 Å². The van der Waals surface area contributed by atoms with Gasteiger partial charge in [0, 0.05) is 25.2 Å². The molecule has 1 fully saturated rings. The highest BCUT2D eigenvalue weighted by atomic mass is 16.5. The van der Waals surface area contributed by atoms with Crippen LogP contribution in [0.2, 0.25) is 0 Å². The molecule has 2 aromatic carbocycles. The molecule has 0 amide bonds. The van der Waals surface area contributed by atoms with Crippen molar-refractivity contribution in [2.24, 2.45) is 0 Å². The second kappa shape index (κ2) is 11.9. The smallest absolute Gasteiger partial charge is 0.335 e. The first kappa shape index (κ1) is 24.9. The number of hydrogen-bond donors (Lipinski definition) is 3. The van der Waals surface area contributed by atoms with Crippen molar-refractivity contribution < 1.29 is 14.6 Å². The fraction of sp³-hybridized carbons (Fsp3) is 0.519. The number of hydrogen-bond acceptors (Lipinski definition) is 5. The lowest BCUT2D eigenvalue weighted by molar-refractivity contribution is 0.0697. The van der Waals surface area contributed by atoms with Crippen LogP contribution in [0.5, 0.6) is 11.5 Å². The molecule has 1 unspecified atom stereocenters. The number of anilines is 2. The molecule has 6 heteroatoms. The summed E-state index contributed by atoms with van der Waals surface area (Å²) in [5, 5.41) is 17.1. The van der Waals surface area contributed by atoms with Crippen LogP contribution >= 0.6 is 0 Å². The largest absolute Gasteiger partial charge is 0.478 e. The van der Waals surface area contributed by atoms with E-state index in [9.17, 15) is 9.90 Å². The number of rotatable bonds is 12. The number of carbonyl (C=O) groups is 1. The highest BCUT2D eigenvalue weighted by Gasteiger charge is 2.29. The predicted octanol–water partition coefficient (Wildman–Crippen LogP) is 6.14. The Labute approximate surface area is 198 Å². The van der Waals surface area contributed by atoms with Crippen molar-refractivity contribution >= 4 is 17.3 Å². The van der Waals surface area contributed by atoms with E-state index in [1.54, 1.807) is 12.1 Å². The van der Waals surface area contributed by atoms with Gasteiger partial charge in [-0.15, -0.1) is 0 Å². The molecular formula is C27H39N3O3. The van der Waals surface area contributed by atoms with Crippen molar-refractivity contribution in [3.05, 3.63) is 48.0 Å². The monoisotopic (exact) mass is 453 g/mol. The van der Waals surface area contributed by atoms with Crippen molar-refractivity contribution in [2.45, 2.75) is 64.8 Å².